The van der Waals surface area contributed by atoms with Crippen molar-refractivity contribution in [3.63, 3.8) is 0 Å². The first-order valence-corrected chi connectivity index (χ1v) is 9.47. The van der Waals surface area contributed by atoms with Crippen LogP contribution in [0.25, 0.3) is 0 Å². The SMILES string of the molecule is CCC(CC)N(CC(C)C)CC(CC)(CC)CNC1CC1. The molecule has 0 aromatic heterocycles. The second-order valence-corrected chi connectivity index (χ2v) is 7.66. The van der Waals surface area contributed by atoms with Gasteiger partial charge in [-0.3, -0.25) is 4.90 Å². The Kier molecular flexibility index (Phi) is 8.26. The Morgan fingerprint density at radius 2 is 1.62 bits per heavy atom. The number of hydrogen-bond acceptors (Lipinski definition) is 2. The number of nitrogens with zero attached hydrogens (tertiary/aromatic N) is 1. The molecule has 0 spiro atoms. The molecule has 0 aromatic carbocycles. The highest BCUT2D eigenvalue weighted by Gasteiger charge is 2.33. The number of rotatable bonds is 12. The van der Waals surface area contributed by atoms with Crippen molar-refractivity contribution >= 4 is 0 Å². The maximum Gasteiger partial charge on any atom is 0.00903 e. The van der Waals surface area contributed by atoms with Crippen LogP contribution in [0.1, 0.15) is 80.1 Å². The minimum atomic E-state index is 0.458. The van der Waals surface area contributed by atoms with Crippen LogP contribution >= 0.6 is 0 Å². The smallest absolute Gasteiger partial charge is 0.00903 e. The van der Waals surface area contributed by atoms with Crippen molar-refractivity contribution in [3.05, 3.63) is 0 Å². The maximum absolute atomic E-state index is 3.81. The highest BCUT2D eigenvalue weighted by atomic mass is 15.2. The van der Waals surface area contributed by atoms with Crippen molar-refractivity contribution in [1.82, 2.24) is 10.2 Å². The highest BCUT2D eigenvalue weighted by Crippen LogP contribution is 2.31. The molecule has 0 bridgehead atoms. The van der Waals surface area contributed by atoms with E-state index in [1.165, 1.54) is 58.2 Å². The molecule has 1 fully saturated rings. The predicted molar refractivity (Wildman–Crippen MR) is 94.8 cm³/mol. The zero-order valence-electron chi connectivity index (χ0n) is 15.5. The van der Waals surface area contributed by atoms with Gasteiger partial charge in [0.2, 0.25) is 0 Å². The molecular formula is C19H40N2. The summed E-state index contributed by atoms with van der Waals surface area (Å²) >= 11 is 0. The summed E-state index contributed by atoms with van der Waals surface area (Å²) in [6.45, 7) is 17.9. The molecule has 126 valence electrons. The van der Waals surface area contributed by atoms with Gasteiger partial charge in [-0.05, 0) is 49.9 Å². The lowest BCUT2D eigenvalue weighted by atomic mass is 9.80. The Morgan fingerprint density at radius 1 is 1.05 bits per heavy atom. The molecule has 21 heavy (non-hydrogen) atoms. The molecule has 1 saturated carbocycles. The third-order valence-corrected chi connectivity index (χ3v) is 5.44. The van der Waals surface area contributed by atoms with Gasteiger partial charge in [-0.15, -0.1) is 0 Å². The Bertz CT molecular complexity index is 263. The minimum absolute atomic E-state index is 0.458. The fraction of sp³-hybridized carbons (Fsp3) is 1.00. The van der Waals surface area contributed by atoms with Crippen molar-refractivity contribution in [2.45, 2.75) is 92.2 Å². The Morgan fingerprint density at radius 3 is 2.00 bits per heavy atom. The van der Waals surface area contributed by atoms with E-state index in [4.69, 9.17) is 0 Å². The summed E-state index contributed by atoms with van der Waals surface area (Å²) in [6.07, 6.45) is 7.93. The molecule has 2 heteroatoms. The first kappa shape index (κ1) is 19.0. The molecular weight excluding hydrogens is 256 g/mol. The molecule has 2 nitrogen and oxygen atoms in total. The van der Waals surface area contributed by atoms with Crippen LogP contribution in [0.2, 0.25) is 0 Å². The molecule has 0 aromatic rings. The molecule has 0 heterocycles. The van der Waals surface area contributed by atoms with Gasteiger partial charge in [0.1, 0.15) is 0 Å². The van der Waals surface area contributed by atoms with Crippen LogP contribution in [-0.4, -0.2) is 36.6 Å². The standard InChI is InChI=1S/C19H40N2/c1-7-18(8-2)21(13-16(5)6)15-19(9-3,10-4)14-20-17-11-12-17/h16-18,20H,7-15H2,1-6H3. The van der Waals surface area contributed by atoms with Crippen LogP contribution in [0.4, 0.5) is 0 Å². The van der Waals surface area contributed by atoms with Crippen molar-refractivity contribution in [2.24, 2.45) is 11.3 Å². The molecule has 1 aliphatic carbocycles. The third-order valence-electron chi connectivity index (χ3n) is 5.44. The molecule has 0 amide bonds. The van der Waals surface area contributed by atoms with Gasteiger partial charge >= 0.3 is 0 Å². The maximum atomic E-state index is 3.81. The van der Waals surface area contributed by atoms with Gasteiger partial charge in [0.25, 0.3) is 0 Å². The Balaban J connectivity index is 2.72. The zero-order chi connectivity index (χ0) is 15.9. The Labute approximate surface area is 134 Å². The van der Waals surface area contributed by atoms with Gasteiger partial charge in [-0.1, -0.05) is 41.5 Å². The summed E-state index contributed by atoms with van der Waals surface area (Å²) in [6, 6.07) is 1.58. The van der Waals surface area contributed by atoms with Crippen LogP contribution < -0.4 is 5.32 Å². The van der Waals surface area contributed by atoms with Gasteiger partial charge < -0.3 is 5.32 Å². The van der Waals surface area contributed by atoms with Crippen molar-refractivity contribution in [2.75, 3.05) is 19.6 Å². The quantitative estimate of drug-likeness (QED) is 0.562. The first-order chi connectivity index (χ1) is 10.00. The predicted octanol–water partition coefficient (Wildman–Crippen LogP) is 4.69. The fourth-order valence-electron chi connectivity index (χ4n) is 3.48. The van der Waals surface area contributed by atoms with E-state index < -0.39 is 0 Å². The first-order valence-electron chi connectivity index (χ1n) is 9.47. The van der Waals surface area contributed by atoms with Gasteiger partial charge in [-0.25, -0.2) is 0 Å². The topological polar surface area (TPSA) is 15.3 Å². The summed E-state index contributed by atoms with van der Waals surface area (Å²) in [5.74, 6) is 0.758. The molecule has 0 radical (unpaired) electrons. The zero-order valence-corrected chi connectivity index (χ0v) is 15.5. The molecule has 0 unspecified atom stereocenters. The second kappa shape index (κ2) is 9.15. The number of nitrogens with one attached hydrogen (secondary N) is 1. The van der Waals surface area contributed by atoms with Crippen molar-refractivity contribution in [1.29, 1.82) is 0 Å². The van der Waals surface area contributed by atoms with E-state index in [-0.39, 0.29) is 0 Å². The van der Waals surface area contributed by atoms with Gasteiger partial charge in [0.05, 0.1) is 0 Å². The van der Waals surface area contributed by atoms with Crippen LogP contribution in [0.15, 0.2) is 0 Å². The summed E-state index contributed by atoms with van der Waals surface area (Å²) in [7, 11) is 0. The van der Waals surface area contributed by atoms with E-state index in [0.29, 0.717) is 5.41 Å². The molecule has 0 saturated heterocycles. The monoisotopic (exact) mass is 296 g/mol. The van der Waals surface area contributed by atoms with E-state index in [2.05, 4.69) is 51.8 Å². The van der Waals surface area contributed by atoms with Crippen LogP contribution in [0.3, 0.4) is 0 Å². The highest BCUT2D eigenvalue weighted by molar-refractivity contribution is 4.89. The van der Waals surface area contributed by atoms with Crippen LogP contribution in [0, 0.1) is 11.3 Å². The number of hydrogen-bond donors (Lipinski definition) is 1. The van der Waals surface area contributed by atoms with E-state index in [0.717, 1.165) is 18.0 Å². The molecule has 0 atom stereocenters. The lowest BCUT2D eigenvalue weighted by Crippen LogP contribution is -2.48. The van der Waals surface area contributed by atoms with E-state index in [1.54, 1.807) is 0 Å². The molecule has 1 N–H and O–H groups in total. The summed E-state index contributed by atoms with van der Waals surface area (Å²) < 4.78 is 0. The molecule has 0 aliphatic heterocycles. The average molecular weight is 297 g/mol. The average Bonchev–Trinajstić information content (AvgIpc) is 3.28. The normalized spacial score (nSPS) is 16.4. The fourth-order valence-corrected chi connectivity index (χ4v) is 3.48. The van der Waals surface area contributed by atoms with E-state index in [1.807, 2.05) is 0 Å². The van der Waals surface area contributed by atoms with E-state index in [9.17, 15) is 0 Å². The molecule has 1 aliphatic rings. The van der Waals surface area contributed by atoms with Crippen LogP contribution in [0.5, 0.6) is 0 Å². The van der Waals surface area contributed by atoms with Crippen LogP contribution in [-0.2, 0) is 0 Å². The second-order valence-electron chi connectivity index (χ2n) is 7.66. The summed E-state index contributed by atoms with van der Waals surface area (Å²) in [5.41, 5.74) is 0.458. The lowest BCUT2D eigenvalue weighted by Gasteiger charge is -2.41. The third kappa shape index (κ3) is 6.28. The summed E-state index contributed by atoms with van der Waals surface area (Å²) in [5, 5.41) is 3.81. The molecule has 1 rings (SSSR count). The lowest BCUT2D eigenvalue weighted by molar-refractivity contribution is 0.0824. The van der Waals surface area contributed by atoms with Gasteiger partial charge in [0, 0.05) is 31.7 Å². The Hall–Kier alpha value is -0.0800. The van der Waals surface area contributed by atoms with Gasteiger partial charge in [-0.2, -0.15) is 0 Å². The van der Waals surface area contributed by atoms with E-state index >= 15 is 0 Å². The minimum Gasteiger partial charge on any atom is -0.313 e. The summed E-state index contributed by atoms with van der Waals surface area (Å²) in [4.78, 5) is 2.80. The van der Waals surface area contributed by atoms with Crippen molar-refractivity contribution in [3.8, 4) is 0 Å². The largest absolute Gasteiger partial charge is 0.313 e. The van der Waals surface area contributed by atoms with Crippen molar-refractivity contribution < 1.29 is 0 Å². The van der Waals surface area contributed by atoms with Gasteiger partial charge in [0.15, 0.2) is 0 Å².